The van der Waals surface area contributed by atoms with E-state index in [4.69, 9.17) is 21.7 Å². The lowest BCUT2D eigenvalue weighted by molar-refractivity contribution is -0.138. The summed E-state index contributed by atoms with van der Waals surface area (Å²) in [6.07, 6.45) is -0.275. The molecule has 0 radical (unpaired) electrons. The van der Waals surface area contributed by atoms with Crippen molar-refractivity contribution < 1.29 is 32.3 Å². The first kappa shape index (κ1) is 23.0. The standard InChI is InChI=1S/C20H17F3N2O4S2/c21-20(22,23)12-5-7-14(24-11-12)15-8-6-13(29-15)10-16-18(28)25(19(30)31-16)9-3-1-2-4-17(26)27/h5-8,10-11H,1-4,9H2,(H,26,27). The summed E-state index contributed by atoms with van der Waals surface area (Å²) in [6.45, 7) is 0.403. The predicted octanol–water partition coefficient (Wildman–Crippen LogP) is 5.21. The average Bonchev–Trinajstić information content (AvgIpc) is 3.27. The molecule has 3 heterocycles. The van der Waals surface area contributed by atoms with Crippen molar-refractivity contribution in [1.29, 1.82) is 0 Å². The molecule has 1 aliphatic rings. The summed E-state index contributed by atoms with van der Waals surface area (Å²) in [4.78, 5) is 28.8. The second-order valence-corrected chi connectivity index (χ2v) is 8.35. The quantitative estimate of drug-likeness (QED) is 0.322. The molecule has 1 saturated heterocycles. The van der Waals surface area contributed by atoms with Gasteiger partial charge in [-0.2, -0.15) is 13.2 Å². The number of thiocarbonyl (C=S) groups is 1. The number of carboxylic acid groups (broad SMARTS) is 1. The van der Waals surface area contributed by atoms with Crippen molar-refractivity contribution in [2.24, 2.45) is 0 Å². The van der Waals surface area contributed by atoms with Gasteiger partial charge in [0.2, 0.25) is 0 Å². The Hall–Kier alpha value is -2.66. The van der Waals surface area contributed by atoms with Crippen LogP contribution in [0.1, 0.15) is 37.0 Å². The normalized spacial score (nSPS) is 15.8. The topological polar surface area (TPSA) is 83.6 Å². The molecule has 2 aromatic rings. The SMILES string of the molecule is O=C(O)CCCCCN1C(=O)C(=Cc2ccc(-c3ccc(C(F)(F)F)cn3)o2)SC1=S. The van der Waals surface area contributed by atoms with E-state index in [1.54, 1.807) is 12.1 Å². The molecule has 11 heteroatoms. The van der Waals surface area contributed by atoms with Gasteiger partial charge in [-0.3, -0.25) is 19.5 Å². The molecule has 0 saturated carbocycles. The van der Waals surface area contributed by atoms with E-state index in [2.05, 4.69) is 4.98 Å². The molecule has 1 amide bonds. The number of aromatic nitrogens is 1. The van der Waals surface area contributed by atoms with Crippen LogP contribution in [-0.2, 0) is 15.8 Å². The number of alkyl halides is 3. The van der Waals surface area contributed by atoms with E-state index in [-0.39, 0.29) is 23.8 Å². The summed E-state index contributed by atoms with van der Waals surface area (Å²) in [7, 11) is 0. The summed E-state index contributed by atoms with van der Waals surface area (Å²) < 4.78 is 44.0. The van der Waals surface area contributed by atoms with Gasteiger partial charge in [-0.25, -0.2) is 0 Å². The maximum atomic E-state index is 12.7. The highest BCUT2D eigenvalue weighted by Gasteiger charge is 2.32. The Kier molecular flexibility index (Phi) is 7.16. The molecule has 0 atom stereocenters. The van der Waals surface area contributed by atoms with Gasteiger partial charge < -0.3 is 9.52 Å². The number of aliphatic carboxylic acids is 1. The van der Waals surface area contributed by atoms with Crippen molar-refractivity contribution >= 4 is 46.3 Å². The van der Waals surface area contributed by atoms with Gasteiger partial charge in [0.1, 0.15) is 15.8 Å². The smallest absolute Gasteiger partial charge is 0.417 e. The van der Waals surface area contributed by atoms with Crippen LogP contribution in [0.5, 0.6) is 0 Å². The van der Waals surface area contributed by atoms with Crippen LogP contribution in [0.2, 0.25) is 0 Å². The molecular formula is C20H17F3N2O4S2. The minimum atomic E-state index is -4.47. The second kappa shape index (κ2) is 9.65. The number of furan rings is 1. The Morgan fingerprint density at radius 3 is 2.65 bits per heavy atom. The molecule has 0 bridgehead atoms. The van der Waals surface area contributed by atoms with Crippen LogP contribution in [0.3, 0.4) is 0 Å². The molecular weight excluding hydrogens is 453 g/mol. The van der Waals surface area contributed by atoms with Crippen molar-refractivity contribution in [2.75, 3.05) is 6.54 Å². The number of unbranched alkanes of at least 4 members (excludes halogenated alkanes) is 2. The zero-order valence-electron chi connectivity index (χ0n) is 16.0. The van der Waals surface area contributed by atoms with Gasteiger partial charge >= 0.3 is 12.1 Å². The molecule has 3 rings (SSSR count). The van der Waals surface area contributed by atoms with Gasteiger partial charge in [-0.05, 0) is 37.1 Å². The van der Waals surface area contributed by atoms with Gasteiger partial charge in [0.25, 0.3) is 5.91 Å². The Morgan fingerprint density at radius 1 is 1.23 bits per heavy atom. The van der Waals surface area contributed by atoms with Crippen LogP contribution >= 0.6 is 24.0 Å². The third-order valence-electron chi connectivity index (χ3n) is 4.39. The van der Waals surface area contributed by atoms with E-state index < -0.39 is 17.7 Å². The van der Waals surface area contributed by atoms with Gasteiger partial charge in [0.15, 0.2) is 5.76 Å². The number of hydrogen-bond donors (Lipinski definition) is 1. The lowest BCUT2D eigenvalue weighted by atomic mass is 10.2. The van der Waals surface area contributed by atoms with Gasteiger partial charge in [-0.1, -0.05) is 30.4 Å². The van der Waals surface area contributed by atoms with Crippen LogP contribution < -0.4 is 0 Å². The van der Waals surface area contributed by atoms with Crippen molar-refractivity contribution in [3.05, 3.63) is 46.7 Å². The monoisotopic (exact) mass is 470 g/mol. The summed E-state index contributed by atoms with van der Waals surface area (Å²) in [6, 6.07) is 5.29. The van der Waals surface area contributed by atoms with E-state index >= 15 is 0 Å². The molecule has 1 aliphatic heterocycles. The summed E-state index contributed by atoms with van der Waals surface area (Å²) >= 11 is 6.38. The highest BCUT2D eigenvalue weighted by atomic mass is 32.2. The minimum Gasteiger partial charge on any atom is -0.481 e. The largest absolute Gasteiger partial charge is 0.481 e. The highest BCUT2D eigenvalue weighted by molar-refractivity contribution is 8.26. The number of carbonyl (C=O) groups excluding carboxylic acids is 1. The summed E-state index contributed by atoms with van der Waals surface area (Å²) in [5, 5.41) is 8.65. The van der Waals surface area contributed by atoms with E-state index in [1.165, 1.54) is 17.0 Å². The number of amides is 1. The minimum absolute atomic E-state index is 0.0902. The fourth-order valence-electron chi connectivity index (χ4n) is 2.82. The Morgan fingerprint density at radius 2 is 2.00 bits per heavy atom. The fraction of sp³-hybridized carbons (Fsp3) is 0.300. The number of nitrogens with zero attached hydrogens (tertiary/aromatic N) is 2. The number of pyridine rings is 1. The number of thioether (sulfide) groups is 1. The van der Waals surface area contributed by atoms with Crippen LogP contribution in [0.15, 0.2) is 39.8 Å². The third kappa shape index (κ3) is 5.95. The molecule has 0 aromatic carbocycles. The van der Waals surface area contributed by atoms with E-state index in [0.717, 1.165) is 24.0 Å². The fourth-order valence-corrected chi connectivity index (χ4v) is 4.11. The van der Waals surface area contributed by atoms with Crippen LogP contribution in [-0.4, -0.2) is 37.7 Å². The third-order valence-corrected chi connectivity index (χ3v) is 5.77. The highest BCUT2D eigenvalue weighted by Crippen LogP contribution is 2.34. The lowest BCUT2D eigenvalue weighted by Crippen LogP contribution is -2.29. The molecule has 0 spiro atoms. The molecule has 1 N–H and O–H groups in total. The van der Waals surface area contributed by atoms with Gasteiger partial charge in [0, 0.05) is 25.2 Å². The first-order valence-electron chi connectivity index (χ1n) is 9.26. The van der Waals surface area contributed by atoms with E-state index in [9.17, 15) is 22.8 Å². The summed E-state index contributed by atoms with van der Waals surface area (Å²) in [5.41, 5.74) is -0.615. The molecule has 0 aliphatic carbocycles. The van der Waals surface area contributed by atoms with E-state index in [1.807, 2.05) is 0 Å². The van der Waals surface area contributed by atoms with Crippen LogP contribution in [0, 0.1) is 0 Å². The van der Waals surface area contributed by atoms with Crippen molar-refractivity contribution in [1.82, 2.24) is 9.88 Å². The molecule has 31 heavy (non-hydrogen) atoms. The molecule has 164 valence electrons. The number of rotatable bonds is 8. The van der Waals surface area contributed by atoms with Crippen molar-refractivity contribution in [2.45, 2.75) is 31.9 Å². The number of carbonyl (C=O) groups is 2. The number of hydrogen-bond acceptors (Lipinski definition) is 6. The zero-order valence-corrected chi connectivity index (χ0v) is 17.6. The van der Waals surface area contributed by atoms with Gasteiger partial charge in [0.05, 0.1) is 10.5 Å². The number of carboxylic acids is 1. The predicted molar refractivity (Wildman–Crippen MR) is 113 cm³/mol. The summed E-state index contributed by atoms with van der Waals surface area (Å²) in [5.74, 6) is -0.496. The molecule has 2 aromatic heterocycles. The maximum absolute atomic E-state index is 12.7. The first-order valence-corrected chi connectivity index (χ1v) is 10.5. The Bertz CT molecular complexity index is 1020. The first-order chi connectivity index (χ1) is 14.6. The Balaban J connectivity index is 1.63. The molecule has 1 fully saturated rings. The van der Waals surface area contributed by atoms with Crippen LogP contribution in [0.4, 0.5) is 13.2 Å². The Labute approximate surface area is 185 Å². The second-order valence-electron chi connectivity index (χ2n) is 6.67. The van der Waals surface area contributed by atoms with E-state index in [0.29, 0.717) is 40.8 Å². The average molecular weight is 470 g/mol. The van der Waals surface area contributed by atoms with Crippen molar-refractivity contribution in [3.63, 3.8) is 0 Å². The van der Waals surface area contributed by atoms with Gasteiger partial charge in [-0.15, -0.1) is 0 Å². The number of halogens is 3. The van der Waals surface area contributed by atoms with Crippen molar-refractivity contribution in [3.8, 4) is 11.5 Å². The zero-order chi connectivity index (χ0) is 22.6. The van der Waals surface area contributed by atoms with Crippen LogP contribution in [0.25, 0.3) is 17.5 Å². The molecule has 0 unspecified atom stereocenters. The maximum Gasteiger partial charge on any atom is 0.417 e. The lowest BCUT2D eigenvalue weighted by Gasteiger charge is -2.13. The molecule has 6 nitrogen and oxygen atoms in total.